The molecule has 1 N–H and O–H groups in total. The van der Waals surface area contributed by atoms with Gasteiger partial charge in [-0.2, -0.15) is 0 Å². The fraction of sp³-hybridized carbons (Fsp3) is 0.143. The molecule has 0 bridgehead atoms. The molecule has 90 valence electrons. The van der Waals surface area contributed by atoms with Crippen LogP contribution in [0.4, 0.5) is 17.1 Å². The first-order valence-electron chi connectivity index (χ1n) is 6.19. The van der Waals surface area contributed by atoms with Crippen molar-refractivity contribution in [3.63, 3.8) is 0 Å². The lowest BCUT2D eigenvalue weighted by Crippen LogP contribution is -2.00. The van der Waals surface area contributed by atoms with Gasteiger partial charge in [-0.05, 0) is 45.8 Å². The van der Waals surface area contributed by atoms with Gasteiger partial charge in [-0.25, -0.2) is 0 Å². The zero-order valence-electron chi connectivity index (χ0n) is 11.2. The van der Waals surface area contributed by atoms with E-state index in [9.17, 15) is 0 Å². The molecule has 0 aliphatic carbocycles. The van der Waals surface area contributed by atoms with Crippen molar-refractivity contribution in [1.29, 1.82) is 0 Å². The summed E-state index contributed by atoms with van der Waals surface area (Å²) in [4.78, 5) is 0. The Bertz CT molecular complexity index is 445. The second-order valence-corrected chi connectivity index (χ2v) is 4.02. The van der Waals surface area contributed by atoms with Gasteiger partial charge in [-0.3, -0.25) is 0 Å². The first kappa shape index (κ1) is 11.9. The van der Waals surface area contributed by atoms with E-state index < -0.39 is 0 Å². The quantitative estimate of drug-likeness (QED) is 0.815. The Hall–Kier alpha value is -1.53. The van der Waals surface area contributed by atoms with E-state index in [4.69, 9.17) is 1.37 Å². The summed E-state index contributed by atoms with van der Waals surface area (Å²) in [5.74, 6) is 0. The van der Waals surface area contributed by atoms with Gasteiger partial charge in [0.25, 0.3) is 0 Å². The standard InChI is InChI=1S/C13H15N2P.CH4/c1-14-11-7-9-13(10-8-11)15(16)12-5-3-2-4-6-12;/h2-10,14H,16H2,1H3;1H4/i;1T. The Balaban J connectivity index is 0.000000771. The Morgan fingerprint density at radius 3 is 2.06 bits per heavy atom. The largest absolute Gasteiger partial charge is 0.388 e. The molecule has 17 heavy (non-hydrogen) atoms. The number of rotatable bonds is 3. The number of nitrogens with zero attached hydrogens (tertiary/aromatic N) is 1. The summed E-state index contributed by atoms with van der Waals surface area (Å²) >= 11 is 0. The highest BCUT2D eigenvalue weighted by Crippen LogP contribution is 2.29. The molecule has 0 saturated carbocycles. The van der Waals surface area contributed by atoms with Gasteiger partial charge in [0.05, 0.1) is 0 Å². The Kier molecular flexibility index (Phi) is 4.40. The van der Waals surface area contributed by atoms with Gasteiger partial charge in [0.2, 0.25) is 0 Å². The number of hydrogen-bond donors (Lipinski definition) is 1. The summed E-state index contributed by atoms with van der Waals surface area (Å²) < 4.78 is 7.83. The van der Waals surface area contributed by atoms with E-state index in [1.54, 1.807) is 0 Å². The molecule has 0 spiro atoms. The molecule has 2 rings (SSSR count). The predicted molar refractivity (Wildman–Crippen MR) is 81.0 cm³/mol. The maximum Gasteiger partial charge on any atom is 0.0443 e. The van der Waals surface area contributed by atoms with Gasteiger partial charge < -0.3 is 9.99 Å². The summed E-state index contributed by atoms with van der Waals surface area (Å²) in [6.45, 7) is 0. The van der Waals surface area contributed by atoms with E-state index in [1.807, 2.05) is 25.2 Å². The highest BCUT2D eigenvalue weighted by molar-refractivity contribution is 7.19. The van der Waals surface area contributed by atoms with Crippen LogP contribution in [0.3, 0.4) is 0 Å². The summed E-state index contributed by atoms with van der Waals surface area (Å²) in [6.07, 6.45) is 0. The van der Waals surface area contributed by atoms with E-state index in [1.165, 1.54) is 7.40 Å². The Morgan fingerprint density at radius 2 is 1.53 bits per heavy atom. The van der Waals surface area contributed by atoms with Gasteiger partial charge >= 0.3 is 0 Å². The lowest BCUT2D eigenvalue weighted by Gasteiger charge is -2.19. The van der Waals surface area contributed by atoms with E-state index in [2.05, 4.69) is 55.8 Å². The van der Waals surface area contributed by atoms with Crippen molar-refractivity contribution in [2.75, 3.05) is 17.0 Å². The molecular weight excluding hydrogens is 227 g/mol. The minimum Gasteiger partial charge on any atom is -0.388 e. The second-order valence-electron chi connectivity index (χ2n) is 3.50. The van der Waals surface area contributed by atoms with Crippen LogP contribution in [-0.4, -0.2) is 7.05 Å². The molecule has 2 aromatic rings. The second kappa shape index (κ2) is 6.27. The number of para-hydroxylation sites is 1. The van der Waals surface area contributed by atoms with Crippen LogP contribution in [0.15, 0.2) is 54.6 Å². The van der Waals surface area contributed by atoms with E-state index in [-0.39, 0.29) is 0 Å². The molecule has 1 unspecified atom stereocenters. The first-order chi connectivity index (χ1) is 8.81. The lowest BCUT2D eigenvalue weighted by atomic mass is 10.2. The zero-order valence-corrected chi connectivity index (χ0v) is 11.4. The van der Waals surface area contributed by atoms with Gasteiger partial charge in [-0.1, -0.05) is 25.6 Å². The third kappa shape index (κ3) is 3.21. The topological polar surface area (TPSA) is 15.3 Å². The van der Waals surface area contributed by atoms with Gasteiger partial charge in [-0.15, -0.1) is 0 Å². The molecule has 2 aromatic carbocycles. The highest BCUT2D eigenvalue weighted by Gasteiger charge is 2.02. The molecule has 0 radical (unpaired) electrons. The average Bonchev–Trinajstić information content (AvgIpc) is 2.49. The summed E-state index contributed by atoms with van der Waals surface area (Å²) in [6, 6.07) is 18.6. The van der Waals surface area contributed by atoms with Crippen LogP contribution in [0.2, 0.25) is 0 Å². The van der Waals surface area contributed by atoms with E-state index in [0.717, 1.165) is 17.1 Å². The molecule has 0 fully saturated rings. The maximum absolute atomic E-state index is 5.75. The molecule has 3 heteroatoms. The van der Waals surface area contributed by atoms with Gasteiger partial charge in [0.1, 0.15) is 0 Å². The SMILES string of the molecule is CNc1ccc(N(P)c2ccccc2)cc1.[3H]C. The zero-order chi connectivity index (χ0) is 13.4. The van der Waals surface area contributed by atoms with Crippen LogP contribution in [0.25, 0.3) is 0 Å². The van der Waals surface area contributed by atoms with Crippen LogP contribution < -0.4 is 9.99 Å². The molecular formula is C14H19N2P. The fourth-order valence-electron chi connectivity index (χ4n) is 1.53. The van der Waals surface area contributed by atoms with Crippen molar-refractivity contribution in [3.05, 3.63) is 54.6 Å². The van der Waals surface area contributed by atoms with Crippen LogP contribution in [-0.2, 0) is 0 Å². The first-order valence-corrected chi connectivity index (χ1v) is 5.70. The number of benzene rings is 2. The van der Waals surface area contributed by atoms with Crippen LogP contribution in [0.1, 0.15) is 8.77 Å². The van der Waals surface area contributed by atoms with Crippen molar-refractivity contribution in [1.82, 2.24) is 0 Å². The lowest BCUT2D eigenvalue weighted by molar-refractivity contribution is 1.42. The molecule has 0 saturated heterocycles. The molecule has 0 aliphatic heterocycles. The van der Waals surface area contributed by atoms with Gasteiger partial charge in [0, 0.05) is 25.5 Å². The highest BCUT2D eigenvalue weighted by atomic mass is 31.0. The van der Waals surface area contributed by atoms with Crippen LogP contribution >= 0.6 is 9.39 Å². The van der Waals surface area contributed by atoms with Gasteiger partial charge in [0.15, 0.2) is 0 Å². The fourth-order valence-corrected chi connectivity index (χ4v) is 1.87. The monoisotopic (exact) mass is 248 g/mol. The normalized spacial score (nSPS) is 9.71. The van der Waals surface area contributed by atoms with Crippen molar-refractivity contribution in [2.45, 2.75) is 7.40 Å². The molecule has 0 aromatic heterocycles. The Labute approximate surface area is 107 Å². The van der Waals surface area contributed by atoms with Crippen molar-refractivity contribution in [2.24, 2.45) is 0 Å². The van der Waals surface area contributed by atoms with Crippen molar-refractivity contribution < 1.29 is 1.37 Å². The molecule has 0 heterocycles. The number of nitrogens with one attached hydrogen (secondary N) is 1. The maximum atomic E-state index is 5.75. The summed E-state index contributed by atoms with van der Waals surface area (Å²) in [7, 11) is 5.90. The molecule has 0 amide bonds. The smallest absolute Gasteiger partial charge is 0.0443 e. The molecule has 1 atom stereocenters. The third-order valence-corrected chi connectivity index (χ3v) is 3.06. The van der Waals surface area contributed by atoms with Crippen molar-refractivity contribution in [3.8, 4) is 0 Å². The number of anilines is 3. The third-order valence-electron chi connectivity index (χ3n) is 2.47. The summed E-state index contributed by atoms with van der Waals surface area (Å²) in [5.41, 5.74) is 3.43. The minimum atomic E-state index is 1.12. The van der Waals surface area contributed by atoms with Crippen LogP contribution in [0, 0.1) is 0 Å². The summed E-state index contributed by atoms with van der Waals surface area (Å²) in [5, 5.41) is 3.11. The van der Waals surface area contributed by atoms with Crippen LogP contribution in [0.5, 0.6) is 0 Å². The molecule has 2 nitrogen and oxygen atoms in total. The molecule has 0 aliphatic rings. The van der Waals surface area contributed by atoms with Crippen molar-refractivity contribution >= 4 is 26.5 Å². The number of hydrogen-bond acceptors (Lipinski definition) is 2. The minimum absolute atomic E-state index is 1.12. The average molecular weight is 248 g/mol. The predicted octanol–water partition coefficient (Wildman–Crippen LogP) is 4.29. The Morgan fingerprint density at radius 1 is 1.00 bits per heavy atom. The van der Waals surface area contributed by atoms with E-state index in [0.29, 0.717) is 0 Å². The van der Waals surface area contributed by atoms with E-state index >= 15 is 0 Å².